The average molecular weight is 571 g/mol. The summed E-state index contributed by atoms with van der Waals surface area (Å²) in [6.45, 7) is 2.45. The van der Waals surface area contributed by atoms with Crippen LogP contribution in [-0.2, 0) is 0 Å². The molecule has 10 heteroatoms. The number of carbonyl (C=O) groups is 1. The first-order valence-electron chi connectivity index (χ1n) is 9.77. The topological polar surface area (TPSA) is 68.2 Å². The zero-order valence-electron chi connectivity index (χ0n) is 16.9. The molecule has 2 aromatic heterocycles. The van der Waals surface area contributed by atoms with Gasteiger partial charge in [0.1, 0.15) is 0 Å². The van der Waals surface area contributed by atoms with Crippen molar-refractivity contribution in [3.63, 3.8) is 0 Å². The normalized spacial score (nSPS) is 19.1. The van der Waals surface area contributed by atoms with Gasteiger partial charge in [-0.25, -0.2) is 13.8 Å². The number of pyridine rings is 1. The summed E-state index contributed by atoms with van der Waals surface area (Å²) in [7, 11) is 0. The van der Waals surface area contributed by atoms with Crippen LogP contribution in [-0.4, -0.2) is 43.2 Å². The second-order valence-corrected chi connectivity index (χ2v) is 9.19. The molecule has 3 aromatic rings. The van der Waals surface area contributed by atoms with Gasteiger partial charge in [0.05, 0.1) is 22.5 Å². The molecule has 0 N–H and O–H groups in total. The zero-order chi connectivity index (χ0) is 22.8. The van der Waals surface area contributed by atoms with E-state index in [2.05, 4.69) is 37.8 Å². The first kappa shape index (κ1) is 22.8. The molecule has 1 aromatic carbocycles. The number of benzene rings is 1. The van der Waals surface area contributed by atoms with Gasteiger partial charge in [-0.15, -0.1) is 0 Å². The molecule has 3 atom stereocenters. The Bertz CT molecular complexity index is 1140. The standard InChI is InChI=1S/C22H18ClF2IN4O2/c1-12-6-14(8-28-29-12)22(31)30-10-16(13-2-4-18(24)19(25)7-13)17(11-30)21(26)32-20-5-3-15(23)9-27-20/h2-9,16-17,21H,10-11H2,1H3/t16-,17+,21-/m1/s1. The van der Waals surface area contributed by atoms with Gasteiger partial charge >= 0.3 is 0 Å². The van der Waals surface area contributed by atoms with E-state index in [-0.39, 0.29) is 17.7 Å². The third kappa shape index (κ3) is 4.98. The zero-order valence-corrected chi connectivity index (χ0v) is 19.8. The van der Waals surface area contributed by atoms with E-state index in [1.807, 2.05) is 0 Å². The molecular formula is C22H18ClF2IN4O2. The molecule has 0 aliphatic carbocycles. The number of nitrogens with zero attached hydrogens (tertiary/aromatic N) is 4. The van der Waals surface area contributed by atoms with Crippen LogP contribution in [0.3, 0.4) is 0 Å². The highest BCUT2D eigenvalue weighted by molar-refractivity contribution is 14.1. The summed E-state index contributed by atoms with van der Waals surface area (Å²) in [6.07, 6.45) is 2.90. The minimum atomic E-state index is -0.926. The van der Waals surface area contributed by atoms with Crippen LogP contribution >= 0.6 is 34.2 Å². The van der Waals surface area contributed by atoms with Crippen molar-refractivity contribution in [3.8, 4) is 5.88 Å². The van der Waals surface area contributed by atoms with Crippen molar-refractivity contribution in [2.75, 3.05) is 13.1 Å². The minimum Gasteiger partial charge on any atom is -0.463 e. The number of alkyl halides is 1. The molecule has 0 bridgehead atoms. The third-order valence-electron chi connectivity index (χ3n) is 5.32. The molecule has 0 spiro atoms. The Morgan fingerprint density at radius 3 is 2.69 bits per heavy atom. The Morgan fingerprint density at radius 1 is 1.19 bits per heavy atom. The number of carbonyl (C=O) groups excluding carboxylic acids is 1. The molecule has 0 unspecified atom stereocenters. The van der Waals surface area contributed by atoms with Crippen molar-refractivity contribution in [2.45, 2.75) is 17.0 Å². The molecule has 32 heavy (non-hydrogen) atoms. The van der Waals surface area contributed by atoms with Crippen LogP contribution in [0.5, 0.6) is 5.88 Å². The fourth-order valence-electron chi connectivity index (χ4n) is 3.76. The maximum absolute atomic E-state index is 14.0. The molecule has 1 aliphatic rings. The molecule has 6 nitrogen and oxygen atoms in total. The maximum atomic E-state index is 14.0. The van der Waals surface area contributed by atoms with Crippen LogP contribution in [0.15, 0.2) is 48.8 Å². The Balaban J connectivity index is 1.61. The minimum absolute atomic E-state index is 0.196. The predicted molar refractivity (Wildman–Crippen MR) is 123 cm³/mol. The van der Waals surface area contributed by atoms with Gasteiger partial charge in [-0.2, -0.15) is 10.2 Å². The van der Waals surface area contributed by atoms with E-state index < -0.39 is 15.7 Å². The second kappa shape index (κ2) is 9.62. The SMILES string of the molecule is Cc1cc(C(=O)N2C[C@H]([C@H](I)Oc3ccc(Cl)cn3)[C@@H](c3ccc(F)c(F)c3)C2)cnn1. The van der Waals surface area contributed by atoms with Gasteiger partial charge in [-0.3, -0.25) is 4.79 Å². The van der Waals surface area contributed by atoms with Crippen LogP contribution in [0, 0.1) is 24.5 Å². The maximum Gasteiger partial charge on any atom is 0.255 e. The van der Waals surface area contributed by atoms with Gasteiger partial charge < -0.3 is 9.64 Å². The number of hydrogen-bond acceptors (Lipinski definition) is 5. The molecule has 1 aliphatic heterocycles. The van der Waals surface area contributed by atoms with Crippen LogP contribution in [0.2, 0.25) is 5.02 Å². The van der Waals surface area contributed by atoms with E-state index in [0.717, 1.165) is 6.07 Å². The molecular weight excluding hydrogens is 553 g/mol. The Kier molecular flexibility index (Phi) is 6.85. The average Bonchev–Trinajstić information content (AvgIpc) is 3.22. The molecule has 0 radical (unpaired) electrons. The monoisotopic (exact) mass is 570 g/mol. The van der Waals surface area contributed by atoms with Gasteiger partial charge in [0.25, 0.3) is 5.91 Å². The fraction of sp³-hybridized carbons (Fsp3) is 0.273. The van der Waals surface area contributed by atoms with E-state index in [0.29, 0.717) is 40.8 Å². The number of amides is 1. The number of halogens is 4. The molecule has 3 heterocycles. The lowest BCUT2D eigenvalue weighted by molar-refractivity contribution is 0.0780. The summed E-state index contributed by atoms with van der Waals surface area (Å²) in [5.41, 5.74) is 1.66. The summed E-state index contributed by atoms with van der Waals surface area (Å²) in [5, 5.41) is 8.24. The Morgan fingerprint density at radius 2 is 2.00 bits per heavy atom. The lowest BCUT2D eigenvalue weighted by Crippen LogP contribution is -2.31. The summed E-state index contributed by atoms with van der Waals surface area (Å²) >= 11 is 8.03. The van der Waals surface area contributed by atoms with Crippen molar-refractivity contribution in [2.24, 2.45) is 5.92 Å². The van der Waals surface area contributed by atoms with Crippen LogP contribution in [0.4, 0.5) is 8.78 Å². The van der Waals surface area contributed by atoms with Crippen molar-refractivity contribution < 1.29 is 18.3 Å². The van der Waals surface area contributed by atoms with E-state index in [1.54, 1.807) is 36.1 Å². The number of ether oxygens (including phenoxy) is 1. The van der Waals surface area contributed by atoms with Crippen molar-refractivity contribution in [1.29, 1.82) is 0 Å². The van der Waals surface area contributed by atoms with Gasteiger partial charge in [-0.05, 0) is 59.3 Å². The number of aryl methyl sites for hydroxylation is 1. The fourth-order valence-corrected chi connectivity index (χ4v) is 4.86. The number of rotatable bonds is 5. The van der Waals surface area contributed by atoms with Crippen LogP contribution in [0.25, 0.3) is 0 Å². The van der Waals surface area contributed by atoms with Gasteiger partial charge in [-0.1, -0.05) is 17.7 Å². The van der Waals surface area contributed by atoms with Crippen molar-refractivity contribution in [3.05, 3.63) is 82.3 Å². The molecule has 0 saturated carbocycles. The smallest absolute Gasteiger partial charge is 0.255 e. The van der Waals surface area contributed by atoms with E-state index in [4.69, 9.17) is 16.3 Å². The van der Waals surface area contributed by atoms with E-state index in [9.17, 15) is 13.6 Å². The summed E-state index contributed by atoms with van der Waals surface area (Å²) in [6, 6.07) is 8.83. The molecule has 166 valence electrons. The quantitative estimate of drug-likeness (QED) is 0.326. The number of aromatic nitrogens is 3. The van der Waals surface area contributed by atoms with E-state index in [1.165, 1.54) is 18.5 Å². The number of likely N-dealkylation sites (tertiary alicyclic amines) is 1. The van der Waals surface area contributed by atoms with Crippen LogP contribution in [0.1, 0.15) is 27.5 Å². The van der Waals surface area contributed by atoms with Crippen LogP contribution < -0.4 is 4.74 Å². The first-order chi connectivity index (χ1) is 15.3. The lowest BCUT2D eigenvalue weighted by Gasteiger charge is -2.24. The Labute approximate surface area is 202 Å². The highest BCUT2D eigenvalue weighted by Gasteiger charge is 2.41. The molecule has 1 saturated heterocycles. The summed E-state index contributed by atoms with van der Waals surface area (Å²) in [5.74, 6) is -2.12. The Hall–Kier alpha value is -2.40. The first-order valence-corrected chi connectivity index (χ1v) is 11.4. The summed E-state index contributed by atoms with van der Waals surface area (Å²) < 4.78 is 33.1. The van der Waals surface area contributed by atoms with E-state index >= 15 is 0 Å². The van der Waals surface area contributed by atoms with Crippen molar-refractivity contribution >= 4 is 40.1 Å². The molecule has 4 rings (SSSR count). The largest absolute Gasteiger partial charge is 0.463 e. The molecule has 1 fully saturated rings. The highest BCUT2D eigenvalue weighted by atomic mass is 127. The molecule has 1 amide bonds. The van der Waals surface area contributed by atoms with Gasteiger partial charge in [0.15, 0.2) is 15.7 Å². The van der Waals surface area contributed by atoms with Gasteiger partial charge in [0, 0.05) is 37.2 Å². The van der Waals surface area contributed by atoms with Crippen molar-refractivity contribution in [1.82, 2.24) is 20.1 Å². The van der Waals surface area contributed by atoms with Gasteiger partial charge in [0.2, 0.25) is 5.88 Å². The third-order valence-corrected chi connectivity index (χ3v) is 6.72. The number of hydrogen-bond donors (Lipinski definition) is 0. The lowest BCUT2D eigenvalue weighted by atomic mass is 9.89. The second-order valence-electron chi connectivity index (χ2n) is 7.52. The highest BCUT2D eigenvalue weighted by Crippen LogP contribution is 2.39. The predicted octanol–water partition coefficient (Wildman–Crippen LogP) is 4.81. The summed E-state index contributed by atoms with van der Waals surface area (Å²) in [4.78, 5) is 19.0.